The van der Waals surface area contributed by atoms with Gasteiger partial charge in [-0.25, -0.2) is 0 Å². The molecule has 0 aliphatic rings. The average molecular weight is 391 g/mol. The third-order valence-electron chi connectivity index (χ3n) is 4.18. The minimum absolute atomic E-state index is 0.152. The summed E-state index contributed by atoms with van der Waals surface area (Å²) in [4.78, 5) is 26.5. The van der Waals surface area contributed by atoms with Crippen LogP contribution in [0.5, 0.6) is 0 Å². The van der Waals surface area contributed by atoms with Crippen LogP contribution in [0.4, 0.5) is 5.69 Å². The third-order valence-corrected chi connectivity index (χ3v) is 5.28. The Labute approximate surface area is 168 Å². The number of carbonyl (C=O) groups excluding carboxylic acids is 2. The topological polar surface area (TPSA) is 58.2 Å². The van der Waals surface area contributed by atoms with E-state index in [2.05, 4.69) is 28.8 Å². The van der Waals surface area contributed by atoms with Gasteiger partial charge in [-0.05, 0) is 55.3 Å². The smallest absolute Gasteiger partial charge is 0.251 e. The van der Waals surface area contributed by atoms with Crippen LogP contribution in [-0.2, 0) is 4.79 Å². The molecule has 4 nitrogen and oxygen atoms in total. The first-order chi connectivity index (χ1) is 13.6. The van der Waals surface area contributed by atoms with Crippen molar-refractivity contribution in [2.24, 2.45) is 0 Å². The van der Waals surface area contributed by atoms with Crippen molar-refractivity contribution in [2.75, 3.05) is 11.9 Å². The van der Waals surface area contributed by atoms with Gasteiger partial charge in [0.15, 0.2) is 0 Å². The van der Waals surface area contributed by atoms with Crippen LogP contribution in [0.25, 0.3) is 16.5 Å². The van der Waals surface area contributed by atoms with Gasteiger partial charge >= 0.3 is 0 Å². The Morgan fingerprint density at radius 2 is 1.82 bits per heavy atom. The first kappa shape index (κ1) is 19.6. The first-order valence-electron chi connectivity index (χ1n) is 9.10. The number of nitrogens with one attached hydrogen (secondary N) is 2. The molecule has 5 heteroatoms. The predicted molar refractivity (Wildman–Crippen MR) is 117 cm³/mol. The van der Waals surface area contributed by atoms with Gasteiger partial charge in [0, 0.05) is 33.6 Å². The molecule has 0 saturated carbocycles. The number of thiophene rings is 1. The lowest BCUT2D eigenvalue weighted by Gasteiger charge is -2.09. The molecule has 1 aromatic heterocycles. The van der Waals surface area contributed by atoms with E-state index in [4.69, 9.17) is 0 Å². The Kier molecular flexibility index (Phi) is 6.40. The van der Waals surface area contributed by atoms with Crippen LogP contribution in [0.3, 0.4) is 0 Å². The molecular weight excluding hydrogens is 368 g/mol. The summed E-state index contributed by atoms with van der Waals surface area (Å²) in [5.74, 6) is -0.383. The zero-order chi connectivity index (χ0) is 19.9. The Hall–Kier alpha value is -3.18. The third kappa shape index (κ3) is 4.96. The summed E-state index contributed by atoms with van der Waals surface area (Å²) in [7, 11) is 0. The summed E-state index contributed by atoms with van der Waals surface area (Å²) < 4.78 is 0. The van der Waals surface area contributed by atoms with Crippen LogP contribution in [-0.4, -0.2) is 18.4 Å². The van der Waals surface area contributed by atoms with Crippen molar-refractivity contribution in [2.45, 2.75) is 13.8 Å². The minimum Gasteiger partial charge on any atom is -0.352 e. The first-order valence-corrected chi connectivity index (χ1v) is 9.91. The number of hydrogen-bond acceptors (Lipinski definition) is 3. The molecule has 0 unspecified atom stereocenters. The molecule has 0 atom stereocenters. The van der Waals surface area contributed by atoms with Crippen LogP contribution < -0.4 is 10.6 Å². The van der Waals surface area contributed by atoms with E-state index in [1.54, 1.807) is 29.5 Å². The van der Waals surface area contributed by atoms with E-state index in [0.29, 0.717) is 17.8 Å². The van der Waals surface area contributed by atoms with Crippen LogP contribution in [0.1, 0.15) is 27.7 Å². The maximum Gasteiger partial charge on any atom is 0.251 e. The molecule has 2 N–H and O–H groups in total. The molecule has 0 fully saturated rings. The van der Waals surface area contributed by atoms with Crippen LogP contribution in [0.15, 0.2) is 66.7 Å². The van der Waals surface area contributed by atoms with Crippen LogP contribution >= 0.6 is 11.3 Å². The molecule has 3 aromatic rings. The Bertz CT molecular complexity index is 1010. The van der Waals surface area contributed by atoms with Crippen LogP contribution in [0, 0.1) is 6.92 Å². The van der Waals surface area contributed by atoms with Gasteiger partial charge in [0.2, 0.25) is 5.91 Å². The van der Waals surface area contributed by atoms with E-state index in [1.807, 2.05) is 44.2 Å². The van der Waals surface area contributed by atoms with Gasteiger partial charge in [-0.2, -0.15) is 0 Å². The zero-order valence-electron chi connectivity index (χ0n) is 15.9. The van der Waals surface area contributed by atoms with Crippen molar-refractivity contribution < 1.29 is 9.59 Å². The fourth-order valence-electron chi connectivity index (χ4n) is 2.69. The molecule has 0 saturated heterocycles. The van der Waals surface area contributed by atoms with Gasteiger partial charge in [0.25, 0.3) is 5.91 Å². The second-order valence-corrected chi connectivity index (χ2v) is 7.40. The summed E-state index contributed by atoms with van der Waals surface area (Å²) >= 11 is 1.63. The van der Waals surface area contributed by atoms with E-state index in [9.17, 15) is 9.59 Å². The number of aryl methyl sites for hydroxylation is 1. The van der Waals surface area contributed by atoms with Crippen molar-refractivity contribution in [3.05, 3.63) is 82.7 Å². The highest BCUT2D eigenvalue weighted by Gasteiger charge is 2.09. The van der Waals surface area contributed by atoms with E-state index in [-0.39, 0.29) is 11.8 Å². The number of hydrogen-bond donors (Lipinski definition) is 2. The highest BCUT2D eigenvalue weighted by molar-refractivity contribution is 7.16. The molecule has 142 valence electrons. The van der Waals surface area contributed by atoms with E-state index < -0.39 is 0 Å². The normalized spacial score (nSPS) is 10.8. The summed E-state index contributed by atoms with van der Waals surface area (Å²) in [5.41, 5.74) is 3.22. The van der Waals surface area contributed by atoms with Crippen molar-refractivity contribution >= 4 is 34.9 Å². The van der Waals surface area contributed by atoms with E-state index >= 15 is 0 Å². The molecule has 0 aliphatic heterocycles. The molecule has 0 spiro atoms. The van der Waals surface area contributed by atoms with Gasteiger partial charge in [0.1, 0.15) is 0 Å². The standard InChI is InChI=1S/C23H22N2O2S/c1-3-24-23(27)18-10-9-16(2)20(15-18)25-22(26)14-12-19-11-13-21(28-19)17-7-5-4-6-8-17/h4-15H,3H2,1-2H3,(H,24,27)(H,25,26). The summed E-state index contributed by atoms with van der Waals surface area (Å²) in [6.07, 6.45) is 3.31. The highest BCUT2D eigenvalue weighted by atomic mass is 32.1. The Morgan fingerprint density at radius 1 is 1.04 bits per heavy atom. The quantitative estimate of drug-likeness (QED) is 0.574. The maximum atomic E-state index is 12.3. The Balaban J connectivity index is 1.68. The lowest BCUT2D eigenvalue weighted by Crippen LogP contribution is -2.23. The molecular formula is C23H22N2O2S. The van der Waals surface area contributed by atoms with Crippen molar-refractivity contribution in [3.8, 4) is 10.4 Å². The molecule has 0 aliphatic carbocycles. The molecule has 1 heterocycles. The van der Waals surface area contributed by atoms with E-state index in [1.165, 1.54) is 6.08 Å². The molecule has 2 amide bonds. The fourth-order valence-corrected chi connectivity index (χ4v) is 3.61. The largest absolute Gasteiger partial charge is 0.352 e. The number of rotatable bonds is 6. The van der Waals surface area contributed by atoms with Gasteiger partial charge in [-0.15, -0.1) is 11.3 Å². The predicted octanol–water partition coefficient (Wildman–Crippen LogP) is 5.13. The number of benzene rings is 2. The van der Waals surface area contributed by atoms with Crippen molar-refractivity contribution in [3.63, 3.8) is 0 Å². The summed E-state index contributed by atoms with van der Waals surface area (Å²) in [6.45, 7) is 4.32. The molecule has 0 bridgehead atoms. The van der Waals surface area contributed by atoms with Crippen molar-refractivity contribution in [1.82, 2.24) is 5.32 Å². The van der Waals surface area contributed by atoms with Gasteiger partial charge in [-0.3, -0.25) is 9.59 Å². The van der Waals surface area contributed by atoms with E-state index in [0.717, 1.165) is 20.9 Å². The number of anilines is 1. The average Bonchev–Trinajstić information content (AvgIpc) is 3.18. The number of amides is 2. The molecule has 28 heavy (non-hydrogen) atoms. The molecule has 3 rings (SSSR count). The summed E-state index contributed by atoms with van der Waals surface area (Å²) in [5, 5.41) is 5.62. The minimum atomic E-state index is -0.231. The lowest BCUT2D eigenvalue weighted by atomic mass is 10.1. The molecule has 0 radical (unpaired) electrons. The SMILES string of the molecule is CCNC(=O)c1ccc(C)c(NC(=O)C=Cc2ccc(-c3ccccc3)s2)c1. The van der Waals surface area contributed by atoms with Gasteiger partial charge in [-0.1, -0.05) is 36.4 Å². The second kappa shape index (κ2) is 9.15. The number of carbonyl (C=O) groups is 2. The van der Waals surface area contributed by atoms with Crippen molar-refractivity contribution in [1.29, 1.82) is 0 Å². The zero-order valence-corrected chi connectivity index (χ0v) is 16.7. The van der Waals surface area contributed by atoms with Gasteiger partial charge in [0.05, 0.1) is 0 Å². The van der Waals surface area contributed by atoms with Crippen LogP contribution in [0.2, 0.25) is 0 Å². The fraction of sp³-hybridized carbons (Fsp3) is 0.130. The Morgan fingerprint density at radius 3 is 2.57 bits per heavy atom. The second-order valence-electron chi connectivity index (χ2n) is 6.28. The molecule has 2 aromatic carbocycles. The lowest BCUT2D eigenvalue weighted by molar-refractivity contribution is -0.111. The maximum absolute atomic E-state index is 12.3. The summed E-state index contributed by atoms with van der Waals surface area (Å²) in [6, 6.07) is 19.5. The highest BCUT2D eigenvalue weighted by Crippen LogP contribution is 2.28. The monoisotopic (exact) mass is 390 g/mol. The van der Waals surface area contributed by atoms with Gasteiger partial charge < -0.3 is 10.6 Å².